The summed E-state index contributed by atoms with van der Waals surface area (Å²) >= 11 is 0. The summed E-state index contributed by atoms with van der Waals surface area (Å²) in [6.45, 7) is 2.06. The number of nitrogens with one attached hydrogen (secondary N) is 1. The molecule has 3 aromatic heterocycles. The number of nitrogens with zero attached hydrogens (tertiary/aromatic N) is 3. The lowest BCUT2D eigenvalue weighted by molar-refractivity contribution is 0.868. The Morgan fingerprint density at radius 1 is 1.32 bits per heavy atom. The van der Waals surface area contributed by atoms with E-state index in [1.807, 2.05) is 35.0 Å². The Morgan fingerprint density at radius 3 is 3.00 bits per heavy atom. The Balaban J connectivity index is 2.12. The second-order valence-electron chi connectivity index (χ2n) is 4.43. The van der Waals surface area contributed by atoms with Crippen LogP contribution in [0, 0.1) is 0 Å². The third-order valence-electron chi connectivity index (χ3n) is 2.91. The smallest absolute Gasteiger partial charge is 0.251 e. The molecule has 3 aromatic rings. The number of aromatic nitrogens is 4. The number of hydrogen-bond donors (Lipinski definition) is 1. The van der Waals surface area contributed by atoms with E-state index in [1.165, 1.54) is 0 Å². The summed E-state index contributed by atoms with van der Waals surface area (Å²) in [6.07, 6.45) is 5.54. The van der Waals surface area contributed by atoms with Gasteiger partial charge in [0.1, 0.15) is 11.3 Å². The Kier molecular flexibility index (Phi) is 2.87. The molecule has 5 heteroatoms. The maximum Gasteiger partial charge on any atom is 0.251 e. The van der Waals surface area contributed by atoms with E-state index in [4.69, 9.17) is 0 Å². The minimum Gasteiger partial charge on any atom is -0.306 e. The Bertz CT molecular complexity index is 739. The molecule has 96 valence electrons. The molecule has 3 heterocycles. The molecule has 0 fully saturated rings. The summed E-state index contributed by atoms with van der Waals surface area (Å²) in [4.78, 5) is 23.3. The molecule has 0 radical (unpaired) electrons. The fourth-order valence-corrected chi connectivity index (χ4v) is 2.06. The van der Waals surface area contributed by atoms with E-state index in [2.05, 4.69) is 21.9 Å². The first-order valence-corrected chi connectivity index (χ1v) is 6.30. The zero-order valence-electron chi connectivity index (χ0n) is 10.6. The van der Waals surface area contributed by atoms with Crippen LogP contribution in [0.25, 0.3) is 17.2 Å². The average molecular weight is 254 g/mol. The molecule has 5 nitrogen and oxygen atoms in total. The quantitative estimate of drug-likeness (QED) is 0.778. The predicted molar refractivity (Wildman–Crippen MR) is 73.0 cm³/mol. The number of fused-ring (bicyclic) bond motifs is 1. The second kappa shape index (κ2) is 4.68. The standard InChI is InChI=1S/C14H14N4O/c1-2-5-10-8-13(19)17-14(15-10)11-9-18-7-4-3-6-12(18)16-11/h3-4,6-9H,2,5H2,1H3,(H,15,17,19). The van der Waals surface area contributed by atoms with Crippen LogP contribution in [0.5, 0.6) is 0 Å². The summed E-state index contributed by atoms with van der Waals surface area (Å²) in [7, 11) is 0. The predicted octanol–water partition coefficient (Wildman–Crippen LogP) is 2.04. The van der Waals surface area contributed by atoms with Crippen LogP contribution in [0.15, 0.2) is 41.5 Å². The highest BCUT2D eigenvalue weighted by Gasteiger charge is 2.08. The van der Waals surface area contributed by atoms with Gasteiger partial charge in [0.15, 0.2) is 5.82 Å². The van der Waals surface area contributed by atoms with Gasteiger partial charge in [0.2, 0.25) is 0 Å². The lowest BCUT2D eigenvalue weighted by Gasteiger charge is -2.00. The molecule has 0 unspecified atom stereocenters. The number of imidazole rings is 1. The molecule has 0 aromatic carbocycles. The topological polar surface area (TPSA) is 63.0 Å². The molecular weight excluding hydrogens is 240 g/mol. The minimum atomic E-state index is -0.134. The van der Waals surface area contributed by atoms with Gasteiger partial charge in [-0.2, -0.15) is 0 Å². The van der Waals surface area contributed by atoms with E-state index >= 15 is 0 Å². The van der Waals surface area contributed by atoms with Crippen molar-refractivity contribution in [2.24, 2.45) is 0 Å². The molecule has 0 aliphatic carbocycles. The van der Waals surface area contributed by atoms with Gasteiger partial charge in [-0.15, -0.1) is 0 Å². The van der Waals surface area contributed by atoms with Crippen LogP contribution < -0.4 is 5.56 Å². The maximum absolute atomic E-state index is 11.6. The summed E-state index contributed by atoms with van der Waals surface area (Å²) in [6, 6.07) is 7.32. The fourth-order valence-electron chi connectivity index (χ4n) is 2.06. The van der Waals surface area contributed by atoms with E-state index in [0.29, 0.717) is 11.5 Å². The molecule has 19 heavy (non-hydrogen) atoms. The van der Waals surface area contributed by atoms with E-state index < -0.39 is 0 Å². The van der Waals surface area contributed by atoms with Crippen LogP contribution in [0.1, 0.15) is 19.0 Å². The summed E-state index contributed by atoms with van der Waals surface area (Å²) in [5.41, 5.74) is 2.19. The summed E-state index contributed by atoms with van der Waals surface area (Å²) in [5.74, 6) is 0.527. The molecule has 0 atom stereocenters. The van der Waals surface area contributed by atoms with Gasteiger partial charge in [0.05, 0.1) is 0 Å². The van der Waals surface area contributed by atoms with Crippen LogP contribution in [-0.2, 0) is 6.42 Å². The first-order chi connectivity index (χ1) is 9.26. The largest absolute Gasteiger partial charge is 0.306 e. The van der Waals surface area contributed by atoms with Gasteiger partial charge >= 0.3 is 0 Å². The molecular formula is C14H14N4O. The van der Waals surface area contributed by atoms with Crippen LogP contribution in [0.4, 0.5) is 0 Å². The lowest BCUT2D eigenvalue weighted by Crippen LogP contribution is -2.10. The van der Waals surface area contributed by atoms with Crippen molar-refractivity contribution in [3.8, 4) is 11.5 Å². The normalized spacial score (nSPS) is 11.0. The van der Waals surface area contributed by atoms with Crippen molar-refractivity contribution in [2.75, 3.05) is 0 Å². The van der Waals surface area contributed by atoms with Gasteiger partial charge in [0.25, 0.3) is 5.56 Å². The highest BCUT2D eigenvalue weighted by molar-refractivity contribution is 5.55. The van der Waals surface area contributed by atoms with E-state index in [0.717, 1.165) is 24.2 Å². The molecule has 3 rings (SSSR count). The first kappa shape index (κ1) is 11.6. The van der Waals surface area contributed by atoms with Crippen LogP contribution in [0.2, 0.25) is 0 Å². The van der Waals surface area contributed by atoms with E-state index in [-0.39, 0.29) is 5.56 Å². The van der Waals surface area contributed by atoms with Crippen molar-refractivity contribution < 1.29 is 0 Å². The van der Waals surface area contributed by atoms with Crippen molar-refractivity contribution in [3.05, 3.63) is 52.7 Å². The number of hydrogen-bond acceptors (Lipinski definition) is 3. The van der Waals surface area contributed by atoms with Crippen LogP contribution in [-0.4, -0.2) is 19.4 Å². The van der Waals surface area contributed by atoms with Gasteiger partial charge in [0, 0.05) is 24.2 Å². The SMILES string of the molecule is CCCc1cc(=O)[nH]c(-c2cn3ccccc3n2)n1. The molecule has 0 aliphatic heterocycles. The zero-order chi connectivity index (χ0) is 13.2. The Hall–Kier alpha value is -2.43. The fraction of sp³-hybridized carbons (Fsp3) is 0.214. The summed E-state index contributed by atoms with van der Waals surface area (Å²) < 4.78 is 1.90. The summed E-state index contributed by atoms with van der Waals surface area (Å²) in [5, 5.41) is 0. The van der Waals surface area contributed by atoms with Gasteiger partial charge in [-0.25, -0.2) is 9.97 Å². The van der Waals surface area contributed by atoms with E-state index in [9.17, 15) is 4.79 Å². The first-order valence-electron chi connectivity index (χ1n) is 6.30. The van der Waals surface area contributed by atoms with Crippen molar-refractivity contribution in [1.82, 2.24) is 19.4 Å². The average Bonchev–Trinajstić information content (AvgIpc) is 2.82. The lowest BCUT2D eigenvalue weighted by atomic mass is 10.2. The highest BCUT2D eigenvalue weighted by atomic mass is 16.1. The third kappa shape index (κ3) is 2.27. The number of aryl methyl sites for hydroxylation is 1. The van der Waals surface area contributed by atoms with Crippen molar-refractivity contribution >= 4 is 5.65 Å². The zero-order valence-corrected chi connectivity index (χ0v) is 10.6. The molecule has 0 amide bonds. The van der Waals surface area contributed by atoms with Crippen molar-refractivity contribution in [3.63, 3.8) is 0 Å². The number of rotatable bonds is 3. The van der Waals surface area contributed by atoms with E-state index in [1.54, 1.807) is 6.07 Å². The number of pyridine rings is 1. The Morgan fingerprint density at radius 2 is 2.21 bits per heavy atom. The van der Waals surface area contributed by atoms with Gasteiger partial charge in [-0.05, 0) is 18.6 Å². The molecule has 0 spiro atoms. The van der Waals surface area contributed by atoms with Gasteiger partial charge < -0.3 is 9.38 Å². The monoisotopic (exact) mass is 254 g/mol. The molecule has 1 N–H and O–H groups in total. The van der Waals surface area contributed by atoms with Crippen LogP contribution >= 0.6 is 0 Å². The molecule has 0 saturated heterocycles. The molecule has 0 bridgehead atoms. The highest BCUT2D eigenvalue weighted by Crippen LogP contribution is 2.14. The van der Waals surface area contributed by atoms with Crippen molar-refractivity contribution in [1.29, 1.82) is 0 Å². The van der Waals surface area contributed by atoms with Crippen molar-refractivity contribution in [2.45, 2.75) is 19.8 Å². The maximum atomic E-state index is 11.6. The minimum absolute atomic E-state index is 0.134. The number of aromatic amines is 1. The van der Waals surface area contributed by atoms with Crippen LogP contribution in [0.3, 0.4) is 0 Å². The molecule has 0 aliphatic rings. The van der Waals surface area contributed by atoms with Gasteiger partial charge in [-0.1, -0.05) is 19.4 Å². The Labute approximate surface area is 110 Å². The second-order valence-corrected chi connectivity index (χ2v) is 4.43. The molecule has 0 saturated carbocycles. The van der Waals surface area contributed by atoms with Gasteiger partial charge in [-0.3, -0.25) is 4.79 Å². The number of H-pyrrole nitrogens is 1. The third-order valence-corrected chi connectivity index (χ3v) is 2.91.